The third kappa shape index (κ3) is 9.01. The van der Waals surface area contributed by atoms with Gasteiger partial charge in [0.1, 0.15) is 6.16 Å². The average molecular weight is 254 g/mol. The first-order valence-corrected chi connectivity index (χ1v) is 7.23. The average Bonchev–Trinajstić information content (AvgIpc) is 2.08. The zero-order chi connectivity index (χ0) is 12.8. The van der Waals surface area contributed by atoms with Crippen molar-refractivity contribution in [2.24, 2.45) is 5.92 Å². The van der Waals surface area contributed by atoms with E-state index < -0.39 is 25.7 Å². The van der Waals surface area contributed by atoms with Crippen molar-refractivity contribution < 1.29 is 23.5 Å². The van der Waals surface area contributed by atoms with Gasteiger partial charge in [-0.1, -0.05) is 33.1 Å². The van der Waals surface area contributed by atoms with E-state index in [1.165, 1.54) is 0 Å². The molecule has 0 bridgehead atoms. The van der Waals surface area contributed by atoms with Crippen molar-refractivity contribution in [3.05, 3.63) is 0 Å². The molecule has 1 atom stereocenters. The van der Waals surface area contributed by atoms with E-state index >= 15 is 0 Å². The Kier molecular flexibility index (Phi) is 7.04. The number of rotatable bonds is 8. The maximum absolute atomic E-state index is 13.2. The molecule has 0 radical (unpaired) electrons. The molecule has 0 aliphatic heterocycles. The lowest BCUT2D eigenvalue weighted by Crippen LogP contribution is -2.19. The molecule has 1 unspecified atom stereocenters. The van der Waals surface area contributed by atoms with Gasteiger partial charge in [-0.05, 0) is 12.3 Å². The highest BCUT2D eigenvalue weighted by molar-refractivity contribution is 7.52. The normalized spacial score (nSPS) is 14.1. The minimum absolute atomic E-state index is 0.0611. The molecule has 0 saturated heterocycles. The van der Waals surface area contributed by atoms with Crippen LogP contribution in [0.4, 0.5) is 4.39 Å². The summed E-state index contributed by atoms with van der Waals surface area (Å²) in [4.78, 5) is 28.0. The lowest BCUT2D eigenvalue weighted by Gasteiger charge is -2.08. The van der Waals surface area contributed by atoms with Crippen LogP contribution in [0.3, 0.4) is 0 Å². The van der Waals surface area contributed by atoms with Crippen LogP contribution < -0.4 is 0 Å². The molecule has 0 amide bonds. The number of Topliss-reactive ketones (excluding diaryl/α,β-unsaturated/α-hetero) is 1. The third-order valence-corrected chi connectivity index (χ3v) is 2.92. The van der Waals surface area contributed by atoms with E-state index in [1.54, 1.807) is 0 Å². The molecule has 0 aliphatic rings. The molecule has 96 valence electrons. The number of hydrogen-bond donors (Lipinski definition) is 2. The molecule has 0 aromatic heterocycles. The summed E-state index contributed by atoms with van der Waals surface area (Å²) in [5.41, 5.74) is 0. The van der Waals surface area contributed by atoms with Crippen molar-refractivity contribution in [2.75, 3.05) is 6.16 Å². The molecule has 0 spiro atoms. The number of alkyl halides is 1. The second-order valence-electron chi connectivity index (χ2n) is 4.43. The molecule has 0 heterocycles. The SMILES string of the molecule is CC(C)CCCCC(F)C(=O)CP(=O)(O)O. The summed E-state index contributed by atoms with van der Waals surface area (Å²) in [6.45, 7) is 4.12. The van der Waals surface area contributed by atoms with Gasteiger partial charge in [0, 0.05) is 0 Å². The summed E-state index contributed by atoms with van der Waals surface area (Å²) in [5.74, 6) is -0.443. The molecule has 0 fully saturated rings. The maximum Gasteiger partial charge on any atom is 0.333 e. The Morgan fingerprint density at radius 3 is 2.19 bits per heavy atom. The first kappa shape index (κ1) is 15.8. The summed E-state index contributed by atoms with van der Waals surface area (Å²) < 4.78 is 23.6. The summed E-state index contributed by atoms with van der Waals surface area (Å²) in [6.07, 6.45) is -0.281. The van der Waals surface area contributed by atoms with Crippen molar-refractivity contribution in [2.45, 2.75) is 45.7 Å². The third-order valence-electron chi connectivity index (χ3n) is 2.20. The Hall–Kier alpha value is -0.250. The van der Waals surface area contributed by atoms with E-state index in [-0.39, 0.29) is 6.42 Å². The van der Waals surface area contributed by atoms with Gasteiger partial charge in [-0.15, -0.1) is 0 Å². The van der Waals surface area contributed by atoms with Crippen LogP contribution in [0.1, 0.15) is 39.5 Å². The van der Waals surface area contributed by atoms with E-state index in [1.807, 2.05) is 0 Å². The molecular formula is C10H20FO4P. The molecule has 2 N–H and O–H groups in total. The highest BCUT2D eigenvalue weighted by Crippen LogP contribution is 2.34. The lowest BCUT2D eigenvalue weighted by molar-refractivity contribution is -0.121. The van der Waals surface area contributed by atoms with Crippen molar-refractivity contribution in [3.63, 3.8) is 0 Å². The summed E-state index contributed by atoms with van der Waals surface area (Å²) >= 11 is 0. The number of carbonyl (C=O) groups is 1. The van der Waals surface area contributed by atoms with E-state index in [4.69, 9.17) is 9.79 Å². The van der Waals surface area contributed by atoms with Gasteiger partial charge in [0.15, 0.2) is 12.0 Å². The predicted molar refractivity (Wildman–Crippen MR) is 60.1 cm³/mol. The highest BCUT2D eigenvalue weighted by Gasteiger charge is 2.25. The van der Waals surface area contributed by atoms with Crippen molar-refractivity contribution >= 4 is 13.4 Å². The van der Waals surface area contributed by atoms with E-state index in [0.29, 0.717) is 12.3 Å². The van der Waals surface area contributed by atoms with Crippen LogP contribution in [-0.2, 0) is 9.36 Å². The molecule has 0 rings (SSSR count). The van der Waals surface area contributed by atoms with Crippen LogP contribution in [0.15, 0.2) is 0 Å². The smallest absolute Gasteiger partial charge is 0.324 e. The predicted octanol–water partition coefficient (Wildman–Crippen LogP) is 2.29. The van der Waals surface area contributed by atoms with Gasteiger partial charge in [-0.3, -0.25) is 9.36 Å². The zero-order valence-electron chi connectivity index (χ0n) is 9.73. The van der Waals surface area contributed by atoms with Crippen molar-refractivity contribution in [3.8, 4) is 0 Å². The summed E-state index contributed by atoms with van der Waals surface area (Å²) in [6, 6.07) is 0. The van der Waals surface area contributed by atoms with Crippen LogP contribution >= 0.6 is 7.60 Å². The zero-order valence-corrected chi connectivity index (χ0v) is 10.6. The van der Waals surface area contributed by atoms with E-state index in [0.717, 1.165) is 12.8 Å². The van der Waals surface area contributed by atoms with Crippen molar-refractivity contribution in [1.82, 2.24) is 0 Å². The number of hydrogen-bond acceptors (Lipinski definition) is 2. The second-order valence-corrected chi connectivity index (χ2v) is 6.08. The van der Waals surface area contributed by atoms with Gasteiger partial charge in [0.2, 0.25) is 0 Å². The molecule has 0 aliphatic carbocycles. The maximum atomic E-state index is 13.2. The van der Waals surface area contributed by atoms with Gasteiger partial charge in [0.05, 0.1) is 0 Å². The Labute approximate surface area is 95.4 Å². The topological polar surface area (TPSA) is 74.6 Å². The van der Waals surface area contributed by atoms with Gasteiger partial charge >= 0.3 is 7.60 Å². The van der Waals surface area contributed by atoms with Crippen LogP contribution in [0.25, 0.3) is 0 Å². The molecule has 0 aromatic rings. The van der Waals surface area contributed by atoms with Gasteiger partial charge < -0.3 is 9.79 Å². The van der Waals surface area contributed by atoms with Gasteiger partial charge in [0.25, 0.3) is 0 Å². The standard InChI is InChI=1S/C10H20FO4P/c1-8(2)5-3-4-6-9(11)10(12)7-16(13,14)15/h8-9H,3-7H2,1-2H3,(H2,13,14,15). The fraction of sp³-hybridized carbons (Fsp3) is 0.900. The number of ketones is 1. The van der Waals surface area contributed by atoms with E-state index in [2.05, 4.69) is 13.8 Å². The Morgan fingerprint density at radius 2 is 1.75 bits per heavy atom. The van der Waals surface area contributed by atoms with Crippen LogP contribution in [-0.4, -0.2) is 27.9 Å². The van der Waals surface area contributed by atoms with Crippen LogP contribution in [0.2, 0.25) is 0 Å². The fourth-order valence-corrected chi connectivity index (χ4v) is 1.94. The molecular weight excluding hydrogens is 234 g/mol. The first-order chi connectivity index (χ1) is 7.22. The number of halogens is 1. The van der Waals surface area contributed by atoms with E-state index in [9.17, 15) is 13.8 Å². The van der Waals surface area contributed by atoms with Gasteiger partial charge in [-0.2, -0.15) is 0 Å². The quantitative estimate of drug-likeness (QED) is 0.514. The first-order valence-electron chi connectivity index (χ1n) is 5.43. The molecule has 0 saturated carbocycles. The fourth-order valence-electron chi connectivity index (χ4n) is 1.34. The monoisotopic (exact) mass is 254 g/mol. The summed E-state index contributed by atoms with van der Waals surface area (Å²) in [7, 11) is -4.42. The largest absolute Gasteiger partial charge is 0.333 e. The van der Waals surface area contributed by atoms with Crippen LogP contribution in [0.5, 0.6) is 0 Å². The second kappa shape index (κ2) is 7.15. The lowest BCUT2D eigenvalue weighted by atomic mass is 10.0. The molecule has 16 heavy (non-hydrogen) atoms. The van der Waals surface area contributed by atoms with Gasteiger partial charge in [-0.25, -0.2) is 4.39 Å². The molecule has 6 heteroatoms. The highest BCUT2D eigenvalue weighted by atomic mass is 31.2. The van der Waals surface area contributed by atoms with Crippen LogP contribution in [0, 0.1) is 5.92 Å². The van der Waals surface area contributed by atoms with Crippen molar-refractivity contribution in [1.29, 1.82) is 0 Å². The molecule has 4 nitrogen and oxygen atoms in total. The molecule has 0 aromatic carbocycles. The Balaban J connectivity index is 3.76. The minimum Gasteiger partial charge on any atom is -0.324 e. The number of carbonyl (C=O) groups excluding carboxylic acids is 1. The number of unbranched alkanes of at least 4 members (excludes halogenated alkanes) is 1. The Bertz CT molecular complexity index is 262. The Morgan fingerprint density at radius 1 is 1.25 bits per heavy atom. The minimum atomic E-state index is -4.42. The summed E-state index contributed by atoms with van der Waals surface area (Å²) in [5, 5.41) is 0.